The number of thiocarbonyl (C=S) groups is 1. The van der Waals surface area contributed by atoms with Crippen molar-refractivity contribution in [2.24, 2.45) is 5.73 Å². The van der Waals surface area contributed by atoms with Crippen LogP contribution >= 0.6 is 12.2 Å². The number of hydrogen-bond acceptors (Lipinski definition) is 2. The summed E-state index contributed by atoms with van der Waals surface area (Å²) in [5.74, 6) is -2.12. The summed E-state index contributed by atoms with van der Waals surface area (Å²) >= 11 is 4.68. The number of rotatable bonds is 4. The molecule has 92 valence electrons. The van der Waals surface area contributed by atoms with E-state index < -0.39 is 17.5 Å². The molecule has 0 saturated carbocycles. The molecule has 2 N–H and O–H groups in total. The van der Waals surface area contributed by atoms with E-state index in [0.717, 1.165) is 12.1 Å². The Labute approximate surface area is 103 Å². The van der Waals surface area contributed by atoms with E-state index >= 15 is 0 Å². The Morgan fingerprint density at radius 2 is 2.12 bits per heavy atom. The maximum absolute atomic E-state index is 13.3. The first-order valence-corrected chi connectivity index (χ1v) is 5.31. The average Bonchev–Trinajstić information content (AvgIpc) is 2.25. The van der Waals surface area contributed by atoms with Gasteiger partial charge in [-0.15, -0.1) is 0 Å². The first kappa shape index (κ1) is 13.5. The second kappa shape index (κ2) is 5.67. The fourth-order valence-corrected chi connectivity index (χ4v) is 1.34. The molecule has 0 aliphatic rings. The van der Waals surface area contributed by atoms with Crippen LogP contribution in [-0.4, -0.2) is 29.4 Å². The SMILES string of the molecule is CN(CCC(N)=S)C(=O)c1ccc(F)cc1F. The van der Waals surface area contributed by atoms with Gasteiger partial charge in [-0.25, -0.2) is 8.78 Å². The van der Waals surface area contributed by atoms with Gasteiger partial charge in [0.15, 0.2) is 0 Å². The monoisotopic (exact) mass is 258 g/mol. The Kier molecular flexibility index (Phi) is 4.51. The first-order valence-electron chi connectivity index (χ1n) is 4.90. The van der Waals surface area contributed by atoms with Gasteiger partial charge in [0.2, 0.25) is 0 Å². The third-order valence-electron chi connectivity index (χ3n) is 2.20. The molecule has 0 radical (unpaired) electrons. The number of carbonyl (C=O) groups is 1. The third-order valence-corrected chi connectivity index (χ3v) is 2.41. The van der Waals surface area contributed by atoms with Gasteiger partial charge >= 0.3 is 0 Å². The molecule has 17 heavy (non-hydrogen) atoms. The summed E-state index contributed by atoms with van der Waals surface area (Å²) in [5, 5.41) is 0. The Morgan fingerprint density at radius 1 is 1.47 bits per heavy atom. The van der Waals surface area contributed by atoms with E-state index in [1.54, 1.807) is 0 Å². The molecule has 1 aromatic carbocycles. The molecule has 0 heterocycles. The van der Waals surface area contributed by atoms with Gasteiger partial charge in [-0.05, 0) is 12.1 Å². The molecule has 0 spiro atoms. The molecule has 0 aliphatic carbocycles. The van der Waals surface area contributed by atoms with Crippen LogP contribution in [0, 0.1) is 11.6 Å². The van der Waals surface area contributed by atoms with Gasteiger partial charge in [0.05, 0.1) is 10.6 Å². The standard InChI is InChI=1S/C11H12F2N2OS/c1-15(5-4-10(14)17)11(16)8-3-2-7(12)6-9(8)13/h2-3,6H,4-5H2,1H3,(H2,14,17). The molecule has 6 heteroatoms. The van der Waals surface area contributed by atoms with E-state index in [1.807, 2.05) is 0 Å². The van der Waals surface area contributed by atoms with Crippen LogP contribution in [0.3, 0.4) is 0 Å². The van der Waals surface area contributed by atoms with Gasteiger partial charge in [-0.3, -0.25) is 4.79 Å². The van der Waals surface area contributed by atoms with E-state index in [4.69, 9.17) is 5.73 Å². The third kappa shape index (κ3) is 3.74. The summed E-state index contributed by atoms with van der Waals surface area (Å²) in [6.45, 7) is 0.297. The number of amides is 1. The van der Waals surface area contributed by atoms with Crippen LogP contribution < -0.4 is 5.73 Å². The van der Waals surface area contributed by atoms with E-state index in [0.29, 0.717) is 19.0 Å². The summed E-state index contributed by atoms with van der Waals surface area (Å²) in [4.78, 5) is 13.3. The summed E-state index contributed by atoms with van der Waals surface area (Å²) in [6, 6.07) is 2.83. The molecular weight excluding hydrogens is 246 g/mol. The zero-order valence-corrected chi connectivity index (χ0v) is 10.1. The molecule has 0 aliphatic heterocycles. The van der Waals surface area contributed by atoms with E-state index in [1.165, 1.54) is 11.9 Å². The number of nitrogens with two attached hydrogens (primary N) is 1. The quantitative estimate of drug-likeness (QED) is 0.836. The molecule has 1 aromatic rings. The Bertz CT molecular complexity index is 451. The lowest BCUT2D eigenvalue weighted by molar-refractivity contribution is 0.0794. The maximum atomic E-state index is 13.3. The zero-order valence-electron chi connectivity index (χ0n) is 9.24. The van der Waals surface area contributed by atoms with Crippen molar-refractivity contribution in [1.29, 1.82) is 0 Å². The van der Waals surface area contributed by atoms with Crippen molar-refractivity contribution in [3.8, 4) is 0 Å². The van der Waals surface area contributed by atoms with E-state index in [-0.39, 0.29) is 10.6 Å². The fraction of sp³-hybridized carbons (Fsp3) is 0.273. The van der Waals surface area contributed by atoms with Gasteiger partial charge in [0.1, 0.15) is 11.6 Å². The van der Waals surface area contributed by atoms with Gasteiger partial charge in [0.25, 0.3) is 5.91 Å². The lowest BCUT2D eigenvalue weighted by Crippen LogP contribution is -2.30. The van der Waals surface area contributed by atoms with Crippen molar-refractivity contribution in [1.82, 2.24) is 4.90 Å². The lowest BCUT2D eigenvalue weighted by atomic mass is 10.2. The molecule has 0 bridgehead atoms. The normalized spacial score (nSPS) is 10.1. The number of benzene rings is 1. The smallest absolute Gasteiger partial charge is 0.256 e. The Balaban J connectivity index is 2.78. The van der Waals surface area contributed by atoms with E-state index in [9.17, 15) is 13.6 Å². The summed E-state index contributed by atoms with van der Waals surface area (Å²) < 4.78 is 26.0. The average molecular weight is 258 g/mol. The molecule has 1 rings (SSSR count). The van der Waals surface area contributed by atoms with Crippen molar-refractivity contribution >= 4 is 23.1 Å². The summed E-state index contributed by atoms with van der Waals surface area (Å²) in [6.07, 6.45) is 0.361. The van der Waals surface area contributed by atoms with Gasteiger partial charge in [-0.1, -0.05) is 12.2 Å². The zero-order chi connectivity index (χ0) is 13.0. The van der Waals surface area contributed by atoms with Gasteiger partial charge in [0, 0.05) is 26.1 Å². The predicted molar refractivity (Wildman–Crippen MR) is 64.7 cm³/mol. The van der Waals surface area contributed by atoms with E-state index in [2.05, 4.69) is 12.2 Å². The van der Waals surface area contributed by atoms with Gasteiger partial charge in [-0.2, -0.15) is 0 Å². The van der Waals surface area contributed by atoms with Crippen molar-refractivity contribution in [3.05, 3.63) is 35.4 Å². The minimum Gasteiger partial charge on any atom is -0.393 e. The predicted octanol–water partition coefficient (Wildman–Crippen LogP) is 1.71. The topological polar surface area (TPSA) is 46.3 Å². The van der Waals surface area contributed by atoms with Crippen molar-refractivity contribution < 1.29 is 13.6 Å². The van der Waals surface area contributed by atoms with Crippen molar-refractivity contribution in [3.63, 3.8) is 0 Å². The second-order valence-electron chi connectivity index (χ2n) is 3.57. The first-order chi connectivity index (χ1) is 7.91. The largest absolute Gasteiger partial charge is 0.393 e. The van der Waals surface area contributed by atoms with Gasteiger partial charge < -0.3 is 10.6 Å². The van der Waals surface area contributed by atoms with Crippen LogP contribution in [0.15, 0.2) is 18.2 Å². The molecule has 3 nitrogen and oxygen atoms in total. The Morgan fingerprint density at radius 3 is 2.65 bits per heavy atom. The number of halogens is 2. The molecule has 0 fully saturated rings. The van der Waals surface area contributed by atoms with Crippen LogP contribution in [0.1, 0.15) is 16.8 Å². The molecule has 1 amide bonds. The highest BCUT2D eigenvalue weighted by atomic mass is 32.1. The number of nitrogens with zero attached hydrogens (tertiary/aromatic N) is 1. The van der Waals surface area contributed by atoms with Crippen LogP contribution in [0.5, 0.6) is 0 Å². The highest BCUT2D eigenvalue weighted by molar-refractivity contribution is 7.80. The number of carbonyl (C=O) groups excluding carboxylic acids is 1. The molecular formula is C11H12F2N2OS. The molecule has 0 aromatic heterocycles. The Hall–Kier alpha value is -1.56. The molecule has 0 unspecified atom stereocenters. The highest BCUT2D eigenvalue weighted by Crippen LogP contribution is 2.11. The summed E-state index contributed by atoms with van der Waals surface area (Å²) in [5.41, 5.74) is 5.13. The minimum absolute atomic E-state index is 0.170. The maximum Gasteiger partial charge on any atom is 0.256 e. The molecule has 0 atom stereocenters. The van der Waals surface area contributed by atoms with Crippen LogP contribution in [-0.2, 0) is 0 Å². The van der Waals surface area contributed by atoms with Crippen LogP contribution in [0.4, 0.5) is 8.78 Å². The minimum atomic E-state index is -0.878. The highest BCUT2D eigenvalue weighted by Gasteiger charge is 2.16. The fourth-order valence-electron chi connectivity index (χ4n) is 1.25. The summed E-state index contributed by atoms with van der Waals surface area (Å²) in [7, 11) is 1.50. The van der Waals surface area contributed by atoms with Crippen molar-refractivity contribution in [2.75, 3.05) is 13.6 Å². The number of hydrogen-bond donors (Lipinski definition) is 1. The molecule has 0 saturated heterocycles. The van der Waals surface area contributed by atoms with Crippen LogP contribution in [0.25, 0.3) is 0 Å². The van der Waals surface area contributed by atoms with Crippen LogP contribution in [0.2, 0.25) is 0 Å². The second-order valence-corrected chi connectivity index (χ2v) is 4.09. The van der Waals surface area contributed by atoms with Crippen molar-refractivity contribution in [2.45, 2.75) is 6.42 Å². The lowest BCUT2D eigenvalue weighted by Gasteiger charge is -2.17.